The lowest BCUT2D eigenvalue weighted by Crippen LogP contribution is -2.18. The number of ether oxygens (including phenoxy) is 3. The molecule has 2 aromatic rings. The molecule has 2 aromatic carbocycles. The van der Waals surface area contributed by atoms with E-state index in [0.29, 0.717) is 22.8 Å². The minimum absolute atomic E-state index is 0.352. The van der Waals surface area contributed by atoms with Crippen molar-refractivity contribution < 1.29 is 19.0 Å². The third-order valence-electron chi connectivity index (χ3n) is 3.11. The number of hydrogen-bond donors (Lipinski definition) is 1. The molecule has 0 unspecified atom stereocenters. The summed E-state index contributed by atoms with van der Waals surface area (Å²) in [6.07, 6.45) is 1.57. The second kappa shape index (κ2) is 7.84. The van der Waals surface area contributed by atoms with Crippen LogP contribution in [0.25, 0.3) is 0 Å². The Bertz CT molecular complexity index is 674. The van der Waals surface area contributed by atoms with Gasteiger partial charge in [0, 0.05) is 5.56 Å². The molecule has 1 N–H and O–H groups in total. The first-order valence-corrected chi connectivity index (χ1v) is 6.88. The zero-order chi connectivity index (χ0) is 16.7. The van der Waals surface area contributed by atoms with Crippen molar-refractivity contribution in [1.82, 2.24) is 5.43 Å². The number of rotatable bonds is 6. The number of carbonyl (C=O) groups excluding carboxylic acids is 1. The van der Waals surface area contributed by atoms with Crippen molar-refractivity contribution in [3.05, 3.63) is 53.6 Å². The van der Waals surface area contributed by atoms with Crippen LogP contribution in [-0.2, 0) is 0 Å². The Balaban J connectivity index is 2.17. The fourth-order valence-corrected chi connectivity index (χ4v) is 1.98. The quantitative estimate of drug-likeness (QED) is 0.657. The van der Waals surface area contributed by atoms with E-state index in [2.05, 4.69) is 10.5 Å². The topological polar surface area (TPSA) is 69.2 Å². The molecule has 0 heterocycles. The van der Waals surface area contributed by atoms with E-state index in [0.717, 1.165) is 5.56 Å². The molecule has 120 valence electrons. The predicted molar refractivity (Wildman–Crippen MR) is 87.6 cm³/mol. The molecule has 6 nitrogen and oxygen atoms in total. The minimum atomic E-state index is -0.378. The maximum Gasteiger partial charge on any atom is 0.271 e. The summed E-state index contributed by atoms with van der Waals surface area (Å²) in [6, 6.07) is 12.6. The molecule has 6 heteroatoms. The van der Waals surface area contributed by atoms with Crippen LogP contribution in [0.5, 0.6) is 17.2 Å². The van der Waals surface area contributed by atoms with Gasteiger partial charge in [0.1, 0.15) is 0 Å². The van der Waals surface area contributed by atoms with Crippen LogP contribution < -0.4 is 19.6 Å². The Kier molecular flexibility index (Phi) is 5.57. The monoisotopic (exact) mass is 314 g/mol. The van der Waals surface area contributed by atoms with Crippen LogP contribution in [0.3, 0.4) is 0 Å². The molecule has 0 atom stereocenters. The molecule has 0 aromatic heterocycles. The van der Waals surface area contributed by atoms with Gasteiger partial charge in [0.05, 0.1) is 27.5 Å². The molecule has 0 aliphatic heterocycles. The van der Waals surface area contributed by atoms with Gasteiger partial charge in [-0.2, -0.15) is 5.10 Å². The van der Waals surface area contributed by atoms with Gasteiger partial charge in [-0.05, 0) is 17.7 Å². The lowest BCUT2D eigenvalue weighted by molar-refractivity contribution is 0.0954. The van der Waals surface area contributed by atoms with Crippen LogP contribution >= 0.6 is 0 Å². The molecule has 1 amide bonds. The van der Waals surface area contributed by atoms with Gasteiger partial charge < -0.3 is 14.2 Å². The molecule has 0 spiro atoms. The standard InChI is InChI=1S/C17H18N2O4/c1-21-14-9-13(10-15(22-2)16(14)23-3)17(20)19-18-11-12-7-5-4-6-8-12/h4-11H,1-3H3,(H,19,20). The Morgan fingerprint density at radius 3 is 2.13 bits per heavy atom. The summed E-state index contributed by atoms with van der Waals surface area (Å²) in [5.41, 5.74) is 3.70. The van der Waals surface area contributed by atoms with E-state index in [4.69, 9.17) is 14.2 Å². The van der Waals surface area contributed by atoms with Gasteiger partial charge in [-0.3, -0.25) is 4.79 Å². The van der Waals surface area contributed by atoms with Gasteiger partial charge in [-0.25, -0.2) is 5.43 Å². The zero-order valence-electron chi connectivity index (χ0n) is 13.2. The number of carbonyl (C=O) groups is 1. The Morgan fingerprint density at radius 1 is 1.00 bits per heavy atom. The second-order valence-electron chi connectivity index (χ2n) is 4.52. The average Bonchev–Trinajstić information content (AvgIpc) is 2.61. The van der Waals surface area contributed by atoms with Gasteiger partial charge in [0.25, 0.3) is 5.91 Å². The largest absolute Gasteiger partial charge is 0.493 e. The SMILES string of the molecule is COc1cc(C(=O)NN=Cc2ccccc2)cc(OC)c1OC. The number of hydrogen-bond acceptors (Lipinski definition) is 5. The van der Waals surface area contributed by atoms with E-state index in [1.54, 1.807) is 18.3 Å². The smallest absolute Gasteiger partial charge is 0.271 e. The van der Waals surface area contributed by atoms with Crippen LogP contribution in [0.15, 0.2) is 47.6 Å². The first kappa shape index (κ1) is 16.4. The first-order chi connectivity index (χ1) is 11.2. The summed E-state index contributed by atoms with van der Waals surface area (Å²) in [4.78, 5) is 12.2. The Morgan fingerprint density at radius 2 is 1.61 bits per heavy atom. The van der Waals surface area contributed by atoms with Crippen molar-refractivity contribution in [3.8, 4) is 17.2 Å². The van der Waals surface area contributed by atoms with Crippen LogP contribution in [0.4, 0.5) is 0 Å². The highest BCUT2D eigenvalue weighted by Crippen LogP contribution is 2.38. The van der Waals surface area contributed by atoms with Gasteiger partial charge in [-0.15, -0.1) is 0 Å². The van der Waals surface area contributed by atoms with E-state index < -0.39 is 0 Å². The highest BCUT2D eigenvalue weighted by Gasteiger charge is 2.16. The van der Waals surface area contributed by atoms with Gasteiger partial charge in [0.2, 0.25) is 5.75 Å². The lowest BCUT2D eigenvalue weighted by Gasteiger charge is -2.13. The molecule has 2 rings (SSSR count). The number of amides is 1. The summed E-state index contributed by atoms with van der Waals surface area (Å²) in [7, 11) is 4.49. The molecule has 0 fully saturated rings. The fourth-order valence-electron chi connectivity index (χ4n) is 1.98. The number of methoxy groups -OCH3 is 3. The molecule has 23 heavy (non-hydrogen) atoms. The Hall–Kier alpha value is -3.02. The van der Waals surface area contributed by atoms with Crippen molar-refractivity contribution in [1.29, 1.82) is 0 Å². The van der Waals surface area contributed by atoms with E-state index >= 15 is 0 Å². The molecule has 0 aliphatic rings. The third-order valence-corrected chi connectivity index (χ3v) is 3.11. The van der Waals surface area contributed by atoms with E-state index in [-0.39, 0.29) is 5.91 Å². The molecule has 0 saturated carbocycles. The Labute approximate surface area is 134 Å². The number of benzene rings is 2. The van der Waals surface area contributed by atoms with Crippen molar-refractivity contribution in [2.24, 2.45) is 5.10 Å². The second-order valence-corrected chi connectivity index (χ2v) is 4.52. The van der Waals surface area contributed by atoms with Crippen molar-refractivity contribution >= 4 is 12.1 Å². The van der Waals surface area contributed by atoms with Gasteiger partial charge >= 0.3 is 0 Å². The minimum Gasteiger partial charge on any atom is -0.493 e. The average molecular weight is 314 g/mol. The first-order valence-electron chi connectivity index (χ1n) is 6.88. The number of nitrogens with one attached hydrogen (secondary N) is 1. The van der Waals surface area contributed by atoms with Crippen molar-refractivity contribution in [3.63, 3.8) is 0 Å². The zero-order valence-corrected chi connectivity index (χ0v) is 13.2. The van der Waals surface area contributed by atoms with Crippen molar-refractivity contribution in [2.45, 2.75) is 0 Å². The summed E-state index contributed by atoms with van der Waals surface area (Å²) in [6.45, 7) is 0. The molecule has 0 radical (unpaired) electrons. The molecular weight excluding hydrogens is 296 g/mol. The maximum atomic E-state index is 12.2. The fraction of sp³-hybridized carbons (Fsp3) is 0.176. The normalized spacial score (nSPS) is 10.4. The number of hydrazone groups is 1. The predicted octanol–water partition coefficient (Wildman–Crippen LogP) is 2.48. The highest BCUT2D eigenvalue weighted by molar-refractivity contribution is 5.96. The summed E-state index contributed by atoms with van der Waals surface area (Å²) in [5.74, 6) is 0.865. The van der Waals surface area contributed by atoms with Gasteiger partial charge in [-0.1, -0.05) is 30.3 Å². The van der Waals surface area contributed by atoms with Crippen LogP contribution in [0.2, 0.25) is 0 Å². The van der Waals surface area contributed by atoms with Crippen LogP contribution in [-0.4, -0.2) is 33.5 Å². The van der Waals surface area contributed by atoms with Crippen LogP contribution in [0, 0.1) is 0 Å². The lowest BCUT2D eigenvalue weighted by atomic mass is 10.1. The molecule has 0 aliphatic carbocycles. The summed E-state index contributed by atoms with van der Waals surface area (Å²) >= 11 is 0. The molecular formula is C17H18N2O4. The number of nitrogens with zero attached hydrogens (tertiary/aromatic N) is 1. The van der Waals surface area contributed by atoms with E-state index in [1.165, 1.54) is 21.3 Å². The van der Waals surface area contributed by atoms with Crippen LogP contribution in [0.1, 0.15) is 15.9 Å². The maximum absolute atomic E-state index is 12.2. The van der Waals surface area contributed by atoms with Crippen molar-refractivity contribution in [2.75, 3.05) is 21.3 Å². The molecule has 0 saturated heterocycles. The van der Waals surface area contributed by atoms with Gasteiger partial charge in [0.15, 0.2) is 11.5 Å². The van der Waals surface area contributed by atoms with E-state index in [1.807, 2.05) is 30.3 Å². The van der Waals surface area contributed by atoms with E-state index in [9.17, 15) is 4.79 Å². The highest BCUT2D eigenvalue weighted by atomic mass is 16.5. The molecule has 0 bridgehead atoms. The summed E-state index contributed by atoms with van der Waals surface area (Å²) < 4.78 is 15.7. The summed E-state index contributed by atoms with van der Waals surface area (Å²) in [5, 5.41) is 3.93. The third kappa shape index (κ3) is 4.00.